The summed E-state index contributed by atoms with van der Waals surface area (Å²) < 4.78 is 0. The molecule has 0 aliphatic heterocycles. The Bertz CT molecular complexity index is 571. The maximum absolute atomic E-state index is 10.7. The minimum absolute atomic E-state index is 0.0794. The first-order chi connectivity index (χ1) is 7.63. The highest BCUT2D eigenvalue weighted by Crippen LogP contribution is 2.27. The number of pyridine rings is 1. The smallest absolute Gasteiger partial charge is 0.311 e. The van der Waals surface area contributed by atoms with Crippen molar-refractivity contribution in [2.45, 2.75) is 5.88 Å². The number of hydrogen-bond acceptors (Lipinski definition) is 4. The van der Waals surface area contributed by atoms with Crippen LogP contribution < -0.4 is 5.73 Å². The lowest BCUT2D eigenvalue weighted by Crippen LogP contribution is -1.99. The minimum atomic E-state index is -0.549. The molecule has 6 heteroatoms. The van der Waals surface area contributed by atoms with Gasteiger partial charge >= 0.3 is 5.69 Å². The van der Waals surface area contributed by atoms with E-state index in [9.17, 15) is 10.1 Å². The van der Waals surface area contributed by atoms with E-state index in [0.29, 0.717) is 10.9 Å². The fourth-order valence-corrected chi connectivity index (χ4v) is 1.76. The Morgan fingerprint density at radius 3 is 2.88 bits per heavy atom. The molecular formula is C10H8ClN3O2. The molecule has 1 aromatic carbocycles. The highest BCUT2D eigenvalue weighted by Gasteiger charge is 2.15. The molecule has 0 amide bonds. The zero-order chi connectivity index (χ0) is 11.7. The van der Waals surface area contributed by atoms with Crippen LogP contribution in [0.1, 0.15) is 5.56 Å². The summed E-state index contributed by atoms with van der Waals surface area (Å²) in [5, 5.41) is 11.4. The van der Waals surface area contributed by atoms with Gasteiger partial charge in [-0.2, -0.15) is 0 Å². The number of rotatable bonds is 2. The molecule has 0 saturated heterocycles. The maximum atomic E-state index is 10.7. The normalized spacial score (nSPS) is 10.6. The first kappa shape index (κ1) is 10.6. The van der Waals surface area contributed by atoms with Crippen molar-refractivity contribution >= 4 is 34.0 Å². The second-order valence-corrected chi connectivity index (χ2v) is 3.53. The van der Waals surface area contributed by atoms with E-state index in [0.717, 1.165) is 5.56 Å². The highest BCUT2D eigenvalue weighted by atomic mass is 35.5. The number of nitrogens with two attached hydrogens (primary N) is 1. The maximum Gasteiger partial charge on any atom is 0.311 e. The molecule has 1 aromatic heterocycles. The molecule has 82 valence electrons. The molecule has 0 aliphatic carbocycles. The number of nitrogens with zero attached hydrogens (tertiary/aromatic N) is 2. The van der Waals surface area contributed by atoms with Crippen LogP contribution >= 0.6 is 11.6 Å². The van der Waals surface area contributed by atoms with Crippen LogP contribution in [0.3, 0.4) is 0 Å². The quantitative estimate of drug-likeness (QED) is 0.494. The van der Waals surface area contributed by atoms with Gasteiger partial charge in [0.25, 0.3) is 0 Å². The zero-order valence-electron chi connectivity index (χ0n) is 8.18. The van der Waals surface area contributed by atoms with Crippen molar-refractivity contribution in [3.05, 3.63) is 39.9 Å². The number of aromatic nitrogens is 1. The SMILES string of the molecule is Nc1nc2cccc(CCl)c2cc1[N+](=O)[O-]. The third kappa shape index (κ3) is 1.65. The van der Waals surface area contributed by atoms with Crippen molar-refractivity contribution in [2.75, 3.05) is 5.73 Å². The molecule has 2 rings (SSSR count). The molecule has 1 heterocycles. The van der Waals surface area contributed by atoms with E-state index in [1.807, 2.05) is 0 Å². The molecule has 16 heavy (non-hydrogen) atoms. The van der Waals surface area contributed by atoms with Crippen molar-refractivity contribution in [3.63, 3.8) is 0 Å². The van der Waals surface area contributed by atoms with Crippen LogP contribution in [-0.4, -0.2) is 9.91 Å². The van der Waals surface area contributed by atoms with E-state index in [-0.39, 0.29) is 17.4 Å². The van der Waals surface area contributed by atoms with Crippen LogP contribution in [0.2, 0.25) is 0 Å². The summed E-state index contributed by atoms with van der Waals surface area (Å²) in [4.78, 5) is 14.2. The van der Waals surface area contributed by atoms with E-state index in [1.165, 1.54) is 6.07 Å². The fourth-order valence-electron chi connectivity index (χ4n) is 1.52. The summed E-state index contributed by atoms with van der Waals surface area (Å²) in [6.45, 7) is 0. The number of anilines is 1. The third-order valence-electron chi connectivity index (χ3n) is 2.30. The summed E-state index contributed by atoms with van der Waals surface area (Å²) in [5.74, 6) is 0.198. The van der Waals surface area contributed by atoms with E-state index in [2.05, 4.69) is 4.98 Å². The number of nitro groups is 1. The van der Waals surface area contributed by atoms with Gasteiger partial charge in [0.15, 0.2) is 0 Å². The third-order valence-corrected chi connectivity index (χ3v) is 2.59. The first-order valence-corrected chi connectivity index (χ1v) is 5.05. The van der Waals surface area contributed by atoms with Gasteiger partial charge < -0.3 is 5.73 Å². The molecular weight excluding hydrogens is 230 g/mol. The number of nitrogen functional groups attached to an aromatic ring is 1. The Labute approximate surface area is 96.0 Å². The van der Waals surface area contributed by atoms with E-state index >= 15 is 0 Å². The molecule has 0 radical (unpaired) electrons. The van der Waals surface area contributed by atoms with Gasteiger partial charge in [0, 0.05) is 17.3 Å². The van der Waals surface area contributed by atoms with Crippen molar-refractivity contribution in [2.24, 2.45) is 0 Å². The average molecular weight is 238 g/mol. The van der Waals surface area contributed by atoms with Gasteiger partial charge in [-0.25, -0.2) is 4.98 Å². The molecule has 0 unspecified atom stereocenters. The molecule has 0 fully saturated rings. The Morgan fingerprint density at radius 2 is 2.25 bits per heavy atom. The predicted molar refractivity (Wildman–Crippen MR) is 62.4 cm³/mol. The molecule has 0 aliphatic rings. The topological polar surface area (TPSA) is 82.0 Å². The molecule has 5 nitrogen and oxygen atoms in total. The summed E-state index contributed by atoms with van der Waals surface area (Å²) in [5.41, 5.74) is 6.72. The van der Waals surface area contributed by atoms with E-state index in [4.69, 9.17) is 17.3 Å². The summed E-state index contributed by atoms with van der Waals surface area (Å²) in [6, 6.07) is 6.75. The standard InChI is InChI=1S/C10H8ClN3O2/c11-5-6-2-1-3-8-7(6)4-9(14(15)16)10(12)13-8/h1-4H,5H2,(H2,12,13). The highest BCUT2D eigenvalue weighted by molar-refractivity contribution is 6.18. The molecule has 0 bridgehead atoms. The number of alkyl halides is 1. The van der Waals surface area contributed by atoms with Crippen LogP contribution in [0, 0.1) is 10.1 Å². The molecule has 2 N–H and O–H groups in total. The Kier molecular flexibility index (Phi) is 2.62. The average Bonchev–Trinajstić information content (AvgIpc) is 2.26. The van der Waals surface area contributed by atoms with Crippen LogP contribution in [0.15, 0.2) is 24.3 Å². The zero-order valence-corrected chi connectivity index (χ0v) is 8.94. The second kappa shape index (κ2) is 3.94. The summed E-state index contributed by atoms with van der Waals surface area (Å²) in [6.07, 6.45) is 0. The molecule has 0 atom stereocenters. The van der Waals surface area contributed by atoms with Gasteiger partial charge in [0.1, 0.15) is 0 Å². The Balaban J connectivity index is 2.80. The van der Waals surface area contributed by atoms with Crippen molar-refractivity contribution in [1.29, 1.82) is 0 Å². The van der Waals surface area contributed by atoms with Gasteiger partial charge in [0.05, 0.1) is 10.4 Å². The first-order valence-electron chi connectivity index (χ1n) is 4.52. The lowest BCUT2D eigenvalue weighted by molar-refractivity contribution is -0.384. The lowest BCUT2D eigenvalue weighted by Gasteiger charge is -2.04. The van der Waals surface area contributed by atoms with Crippen molar-refractivity contribution in [3.8, 4) is 0 Å². The van der Waals surface area contributed by atoms with Crippen molar-refractivity contribution < 1.29 is 4.92 Å². The number of fused-ring (bicyclic) bond motifs is 1. The summed E-state index contributed by atoms with van der Waals surface area (Å²) in [7, 11) is 0. The van der Waals surface area contributed by atoms with E-state index < -0.39 is 4.92 Å². The molecule has 2 aromatic rings. The van der Waals surface area contributed by atoms with Gasteiger partial charge in [-0.3, -0.25) is 10.1 Å². The number of benzene rings is 1. The van der Waals surface area contributed by atoms with Gasteiger partial charge in [0.2, 0.25) is 5.82 Å². The minimum Gasteiger partial charge on any atom is -0.378 e. The Morgan fingerprint density at radius 1 is 1.50 bits per heavy atom. The predicted octanol–water partition coefficient (Wildman–Crippen LogP) is 2.46. The largest absolute Gasteiger partial charge is 0.378 e. The van der Waals surface area contributed by atoms with Crippen LogP contribution in [-0.2, 0) is 5.88 Å². The number of halogens is 1. The van der Waals surface area contributed by atoms with Gasteiger partial charge in [-0.05, 0) is 11.6 Å². The van der Waals surface area contributed by atoms with Crippen molar-refractivity contribution in [1.82, 2.24) is 4.98 Å². The van der Waals surface area contributed by atoms with Crippen LogP contribution in [0.4, 0.5) is 11.5 Å². The van der Waals surface area contributed by atoms with Crippen LogP contribution in [0.25, 0.3) is 10.9 Å². The van der Waals surface area contributed by atoms with Crippen LogP contribution in [0.5, 0.6) is 0 Å². The monoisotopic (exact) mass is 237 g/mol. The van der Waals surface area contributed by atoms with Gasteiger partial charge in [-0.1, -0.05) is 12.1 Å². The molecule has 0 saturated carbocycles. The molecule has 0 spiro atoms. The number of hydrogen-bond donors (Lipinski definition) is 1. The van der Waals surface area contributed by atoms with Gasteiger partial charge in [-0.15, -0.1) is 11.6 Å². The summed E-state index contributed by atoms with van der Waals surface area (Å²) >= 11 is 5.75. The lowest BCUT2D eigenvalue weighted by atomic mass is 10.1. The second-order valence-electron chi connectivity index (χ2n) is 3.27. The van der Waals surface area contributed by atoms with E-state index in [1.54, 1.807) is 18.2 Å². The Hall–Kier alpha value is -1.88. The fraction of sp³-hybridized carbons (Fsp3) is 0.100.